The second kappa shape index (κ2) is 9.48. The highest BCUT2D eigenvalue weighted by molar-refractivity contribution is 6.32. The summed E-state index contributed by atoms with van der Waals surface area (Å²) in [6.07, 6.45) is 2.82. The minimum absolute atomic E-state index is 0.378. The normalized spacial score (nSPS) is 10.4. The van der Waals surface area contributed by atoms with Gasteiger partial charge < -0.3 is 9.47 Å². The van der Waals surface area contributed by atoms with Crippen LogP contribution in [-0.4, -0.2) is 25.5 Å². The molecule has 2 N–H and O–H groups in total. The van der Waals surface area contributed by atoms with Crippen molar-refractivity contribution in [2.45, 2.75) is 6.92 Å². The number of hydrogen-bond donors (Lipinski definition) is 2. The molecule has 26 heavy (non-hydrogen) atoms. The zero-order chi connectivity index (χ0) is 18.9. The van der Waals surface area contributed by atoms with E-state index in [9.17, 15) is 9.59 Å². The first-order valence-electron chi connectivity index (χ1n) is 7.89. The maximum atomic E-state index is 11.9. The van der Waals surface area contributed by atoms with Crippen LogP contribution in [0.2, 0.25) is 5.02 Å². The summed E-state index contributed by atoms with van der Waals surface area (Å²) < 4.78 is 10.7. The van der Waals surface area contributed by atoms with Gasteiger partial charge in [-0.05, 0) is 42.8 Å². The molecule has 7 heteroatoms. The van der Waals surface area contributed by atoms with Crippen LogP contribution >= 0.6 is 11.6 Å². The Morgan fingerprint density at radius 3 is 2.54 bits per heavy atom. The summed E-state index contributed by atoms with van der Waals surface area (Å²) in [4.78, 5) is 23.7. The maximum Gasteiger partial charge on any atom is 0.269 e. The molecular weight excluding hydrogens is 356 g/mol. The van der Waals surface area contributed by atoms with Crippen molar-refractivity contribution in [2.75, 3.05) is 13.7 Å². The lowest BCUT2D eigenvalue weighted by molar-refractivity contribution is -0.117. The van der Waals surface area contributed by atoms with Gasteiger partial charge in [0, 0.05) is 11.6 Å². The molecule has 0 heterocycles. The van der Waals surface area contributed by atoms with Crippen LogP contribution in [0.1, 0.15) is 22.8 Å². The van der Waals surface area contributed by atoms with Gasteiger partial charge in [-0.15, -0.1) is 0 Å². The van der Waals surface area contributed by atoms with Gasteiger partial charge in [0.15, 0.2) is 11.5 Å². The first-order chi connectivity index (χ1) is 12.5. The van der Waals surface area contributed by atoms with Crippen LogP contribution in [0, 0.1) is 0 Å². The van der Waals surface area contributed by atoms with Gasteiger partial charge in [0.05, 0.1) is 18.7 Å². The molecule has 0 aliphatic heterocycles. The van der Waals surface area contributed by atoms with Gasteiger partial charge in [0.1, 0.15) is 0 Å². The molecule has 0 saturated heterocycles. The average Bonchev–Trinajstić information content (AvgIpc) is 2.66. The lowest BCUT2D eigenvalue weighted by Gasteiger charge is -2.11. The van der Waals surface area contributed by atoms with Crippen molar-refractivity contribution < 1.29 is 19.1 Å². The Morgan fingerprint density at radius 2 is 1.88 bits per heavy atom. The SMILES string of the molecule is CCOc1c(Cl)cc(/C=C/C(=O)NNC(=O)c2ccccc2)cc1OC. The van der Waals surface area contributed by atoms with Crippen LogP contribution in [-0.2, 0) is 4.79 Å². The van der Waals surface area contributed by atoms with Crippen molar-refractivity contribution in [1.82, 2.24) is 10.9 Å². The lowest BCUT2D eigenvalue weighted by atomic mass is 10.2. The molecule has 0 spiro atoms. The Balaban J connectivity index is 1.99. The summed E-state index contributed by atoms with van der Waals surface area (Å²) in [5.41, 5.74) is 5.74. The van der Waals surface area contributed by atoms with Gasteiger partial charge >= 0.3 is 0 Å². The number of benzene rings is 2. The summed E-state index contributed by atoms with van der Waals surface area (Å²) in [6.45, 7) is 2.30. The molecule has 136 valence electrons. The topological polar surface area (TPSA) is 76.7 Å². The summed E-state index contributed by atoms with van der Waals surface area (Å²) in [7, 11) is 1.51. The molecule has 0 aliphatic rings. The standard InChI is InChI=1S/C19H19ClN2O4/c1-3-26-18-15(20)11-13(12-16(18)25-2)9-10-17(23)21-22-19(24)14-7-5-4-6-8-14/h4-12H,3H2,1-2H3,(H,21,23)(H,22,24)/b10-9+. The molecule has 0 unspecified atom stereocenters. The highest BCUT2D eigenvalue weighted by Gasteiger charge is 2.11. The fraction of sp³-hybridized carbons (Fsp3) is 0.158. The van der Waals surface area contributed by atoms with E-state index in [1.807, 2.05) is 6.92 Å². The number of nitrogens with one attached hydrogen (secondary N) is 2. The zero-order valence-corrected chi connectivity index (χ0v) is 15.2. The summed E-state index contributed by atoms with van der Waals surface area (Å²) in [5.74, 6) is 0.0292. The van der Waals surface area contributed by atoms with Gasteiger partial charge in [-0.3, -0.25) is 20.4 Å². The number of amides is 2. The average molecular weight is 375 g/mol. The largest absolute Gasteiger partial charge is 0.493 e. The third-order valence-corrected chi connectivity index (χ3v) is 3.58. The van der Waals surface area contributed by atoms with E-state index >= 15 is 0 Å². The van der Waals surface area contributed by atoms with Crippen molar-refractivity contribution in [2.24, 2.45) is 0 Å². The van der Waals surface area contributed by atoms with Crippen LogP contribution in [0.3, 0.4) is 0 Å². The Hall–Kier alpha value is -2.99. The van der Waals surface area contributed by atoms with Gasteiger partial charge in [-0.2, -0.15) is 0 Å². The highest BCUT2D eigenvalue weighted by atomic mass is 35.5. The molecule has 0 radical (unpaired) electrons. The van der Waals surface area contributed by atoms with Crippen LogP contribution < -0.4 is 20.3 Å². The molecule has 2 aromatic rings. The van der Waals surface area contributed by atoms with E-state index in [2.05, 4.69) is 10.9 Å². The first-order valence-corrected chi connectivity index (χ1v) is 8.26. The minimum Gasteiger partial charge on any atom is -0.493 e. The molecule has 2 aromatic carbocycles. The van der Waals surface area contributed by atoms with Crippen molar-refractivity contribution >= 4 is 29.5 Å². The summed E-state index contributed by atoms with van der Waals surface area (Å²) >= 11 is 6.18. The number of carbonyl (C=O) groups excluding carboxylic acids is 2. The van der Waals surface area contributed by atoms with Gasteiger partial charge in [-0.25, -0.2) is 0 Å². The quantitative estimate of drug-likeness (QED) is 0.601. The monoisotopic (exact) mass is 374 g/mol. The Morgan fingerprint density at radius 1 is 1.15 bits per heavy atom. The third-order valence-electron chi connectivity index (χ3n) is 3.30. The first kappa shape index (κ1) is 19.3. The van der Waals surface area contributed by atoms with Crippen molar-refractivity contribution in [1.29, 1.82) is 0 Å². The highest BCUT2D eigenvalue weighted by Crippen LogP contribution is 2.36. The predicted octanol–water partition coefficient (Wildman–Crippen LogP) is 3.22. The Bertz CT molecular complexity index is 807. The number of hydrogen-bond acceptors (Lipinski definition) is 4. The molecule has 0 saturated carbocycles. The van der Waals surface area contributed by atoms with E-state index in [4.69, 9.17) is 21.1 Å². The predicted molar refractivity (Wildman–Crippen MR) is 100 cm³/mol. The second-order valence-corrected chi connectivity index (χ2v) is 5.52. The molecule has 2 amide bonds. The van der Waals surface area contributed by atoms with Crippen LogP contribution in [0.5, 0.6) is 11.5 Å². The van der Waals surface area contributed by atoms with E-state index in [0.29, 0.717) is 34.3 Å². The summed E-state index contributed by atoms with van der Waals surface area (Å²) in [5, 5.41) is 0.378. The van der Waals surface area contributed by atoms with E-state index in [0.717, 1.165) is 0 Å². The third kappa shape index (κ3) is 5.26. The van der Waals surface area contributed by atoms with Crippen LogP contribution in [0.15, 0.2) is 48.5 Å². The van der Waals surface area contributed by atoms with E-state index < -0.39 is 11.8 Å². The van der Waals surface area contributed by atoms with Crippen molar-refractivity contribution in [3.63, 3.8) is 0 Å². The molecule has 0 aliphatic carbocycles. The van der Waals surface area contributed by atoms with Gasteiger partial charge in [0.25, 0.3) is 11.8 Å². The summed E-state index contributed by atoms with van der Waals surface area (Å²) in [6, 6.07) is 11.9. The van der Waals surface area contributed by atoms with E-state index in [1.165, 1.54) is 13.2 Å². The number of ether oxygens (including phenoxy) is 2. The lowest BCUT2D eigenvalue weighted by Crippen LogP contribution is -2.40. The van der Waals surface area contributed by atoms with E-state index in [-0.39, 0.29) is 0 Å². The van der Waals surface area contributed by atoms with Crippen molar-refractivity contribution in [3.05, 3.63) is 64.7 Å². The fourth-order valence-electron chi connectivity index (χ4n) is 2.11. The van der Waals surface area contributed by atoms with Gasteiger partial charge in [-0.1, -0.05) is 29.8 Å². The van der Waals surface area contributed by atoms with Crippen LogP contribution in [0.4, 0.5) is 0 Å². The number of hydrazine groups is 1. The maximum absolute atomic E-state index is 11.9. The zero-order valence-electron chi connectivity index (χ0n) is 14.4. The van der Waals surface area contributed by atoms with Crippen LogP contribution in [0.25, 0.3) is 6.08 Å². The van der Waals surface area contributed by atoms with Gasteiger partial charge in [0.2, 0.25) is 0 Å². The molecule has 0 bridgehead atoms. The number of methoxy groups -OCH3 is 1. The smallest absolute Gasteiger partial charge is 0.269 e. The molecular formula is C19H19ClN2O4. The Kier molecular flexibility index (Phi) is 7.05. The number of carbonyl (C=O) groups is 2. The fourth-order valence-corrected chi connectivity index (χ4v) is 2.39. The second-order valence-electron chi connectivity index (χ2n) is 5.11. The van der Waals surface area contributed by atoms with Crippen molar-refractivity contribution in [3.8, 4) is 11.5 Å². The minimum atomic E-state index is -0.488. The Labute approximate surface area is 156 Å². The molecule has 6 nitrogen and oxygen atoms in total. The number of rotatable bonds is 6. The molecule has 2 rings (SSSR count). The van der Waals surface area contributed by atoms with E-state index in [1.54, 1.807) is 48.5 Å². The molecule has 0 fully saturated rings. The molecule has 0 atom stereocenters. The molecule has 0 aromatic heterocycles. The number of halogens is 1.